The Labute approximate surface area is 137 Å². The molecule has 22 heavy (non-hydrogen) atoms. The van der Waals surface area contributed by atoms with E-state index in [4.69, 9.17) is 0 Å². The molecule has 1 aromatic rings. The monoisotopic (exact) mass is 298 g/mol. The van der Waals surface area contributed by atoms with Gasteiger partial charge in [-0.05, 0) is 60.3 Å². The molecule has 0 heterocycles. The van der Waals surface area contributed by atoms with Gasteiger partial charge in [0.05, 0.1) is 0 Å². The third kappa shape index (κ3) is 3.26. The fourth-order valence-corrected chi connectivity index (χ4v) is 5.33. The molecule has 0 nitrogen and oxygen atoms in total. The second-order valence-electron chi connectivity index (χ2n) is 8.64. The molecule has 2 aliphatic carbocycles. The Balaban J connectivity index is 1.75. The van der Waals surface area contributed by atoms with E-state index in [0.29, 0.717) is 5.41 Å². The Morgan fingerprint density at radius 2 is 1.64 bits per heavy atom. The number of rotatable bonds is 4. The summed E-state index contributed by atoms with van der Waals surface area (Å²) in [6.07, 6.45) is 11.8. The molecule has 122 valence electrons. The lowest BCUT2D eigenvalue weighted by Crippen LogP contribution is -2.40. The molecule has 2 saturated carbocycles. The summed E-state index contributed by atoms with van der Waals surface area (Å²) >= 11 is 0. The fourth-order valence-electron chi connectivity index (χ4n) is 5.33. The molecule has 0 amide bonds. The standard InChI is InChI=1S/C22H34/c1-17(2)22(3,16-18-9-5-4-6-10-18)21-14-13-19-11-7-8-12-20(19)15-21/h4-6,9-10,17,19-21H,7-8,11-16H2,1-3H3. The van der Waals surface area contributed by atoms with Crippen molar-refractivity contribution in [2.24, 2.45) is 29.1 Å². The molecule has 2 aliphatic rings. The van der Waals surface area contributed by atoms with E-state index in [1.807, 2.05) is 0 Å². The van der Waals surface area contributed by atoms with Gasteiger partial charge in [0.1, 0.15) is 0 Å². The van der Waals surface area contributed by atoms with Crippen LogP contribution in [0.4, 0.5) is 0 Å². The summed E-state index contributed by atoms with van der Waals surface area (Å²) in [6, 6.07) is 11.2. The first-order valence-electron chi connectivity index (χ1n) is 9.63. The minimum Gasteiger partial charge on any atom is -0.0622 e. The highest BCUT2D eigenvalue weighted by molar-refractivity contribution is 5.17. The normalized spacial score (nSPS) is 31.5. The van der Waals surface area contributed by atoms with Gasteiger partial charge in [0, 0.05) is 0 Å². The lowest BCUT2D eigenvalue weighted by molar-refractivity contribution is 0.0239. The van der Waals surface area contributed by atoms with Crippen LogP contribution in [0, 0.1) is 29.1 Å². The summed E-state index contributed by atoms with van der Waals surface area (Å²) in [6.45, 7) is 7.49. The van der Waals surface area contributed by atoms with E-state index in [2.05, 4.69) is 51.1 Å². The number of fused-ring (bicyclic) bond motifs is 1. The largest absolute Gasteiger partial charge is 0.0622 e. The van der Waals surface area contributed by atoms with E-state index in [9.17, 15) is 0 Å². The van der Waals surface area contributed by atoms with Crippen molar-refractivity contribution in [3.63, 3.8) is 0 Å². The lowest BCUT2D eigenvalue weighted by Gasteiger charge is -2.49. The van der Waals surface area contributed by atoms with Crippen molar-refractivity contribution < 1.29 is 0 Å². The van der Waals surface area contributed by atoms with Crippen LogP contribution in [0.1, 0.15) is 71.3 Å². The Bertz CT molecular complexity index is 460. The Hall–Kier alpha value is -0.780. The molecule has 0 saturated heterocycles. The van der Waals surface area contributed by atoms with Crippen molar-refractivity contribution in [1.29, 1.82) is 0 Å². The van der Waals surface area contributed by atoms with Crippen LogP contribution in [-0.4, -0.2) is 0 Å². The van der Waals surface area contributed by atoms with Crippen LogP contribution in [-0.2, 0) is 6.42 Å². The van der Waals surface area contributed by atoms with Gasteiger partial charge in [-0.3, -0.25) is 0 Å². The van der Waals surface area contributed by atoms with Crippen molar-refractivity contribution in [3.8, 4) is 0 Å². The average molecular weight is 299 g/mol. The predicted octanol–water partition coefficient (Wildman–Crippen LogP) is 6.50. The third-order valence-corrected chi connectivity index (χ3v) is 7.22. The van der Waals surface area contributed by atoms with Crippen LogP contribution < -0.4 is 0 Å². The highest BCUT2D eigenvalue weighted by atomic mass is 14.5. The number of hydrogen-bond donors (Lipinski definition) is 0. The number of hydrogen-bond acceptors (Lipinski definition) is 0. The maximum Gasteiger partial charge on any atom is -0.0220 e. The molecule has 2 fully saturated rings. The van der Waals surface area contributed by atoms with Gasteiger partial charge < -0.3 is 0 Å². The lowest BCUT2D eigenvalue weighted by atomic mass is 9.56. The zero-order valence-electron chi connectivity index (χ0n) is 14.9. The molecule has 0 heteroatoms. The summed E-state index contributed by atoms with van der Waals surface area (Å²) in [7, 11) is 0. The molecule has 1 aromatic carbocycles. The summed E-state index contributed by atoms with van der Waals surface area (Å²) in [5, 5.41) is 0. The minimum atomic E-state index is 0.462. The summed E-state index contributed by atoms with van der Waals surface area (Å²) in [4.78, 5) is 0. The Kier molecular flexibility index (Phi) is 4.95. The molecule has 4 unspecified atom stereocenters. The van der Waals surface area contributed by atoms with Gasteiger partial charge in [0.25, 0.3) is 0 Å². The molecule has 0 spiro atoms. The van der Waals surface area contributed by atoms with Crippen LogP contribution in [0.15, 0.2) is 30.3 Å². The van der Waals surface area contributed by atoms with Crippen molar-refractivity contribution in [1.82, 2.24) is 0 Å². The van der Waals surface area contributed by atoms with E-state index in [-0.39, 0.29) is 0 Å². The van der Waals surface area contributed by atoms with Gasteiger partial charge in [-0.15, -0.1) is 0 Å². The molecule has 0 N–H and O–H groups in total. The second-order valence-corrected chi connectivity index (χ2v) is 8.64. The topological polar surface area (TPSA) is 0 Å². The molecule has 0 aromatic heterocycles. The minimum absolute atomic E-state index is 0.462. The maximum atomic E-state index is 2.58. The molecular formula is C22H34. The van der Waals surface area contributed by atoms with Crippen LogP contribution in [0.3, 0.4) is 0 Å². The molecule has 3 rings (SSSR count). The first-order valence-corrected chi connectivity index (χ1v) is 9.63. The SMILES string of the molecule is CC(C)C(C)(Cc1ccccc1)C1CCC2CCCCC2C1. The second kappa shape index (κ2) is 6.77. The summed E-state index contributed by atoms with van der Waals surface area (Å²) in [5.74, 6) is 3.80. The first kappa shape index (κ1) is 16.1. The Morgan fingerprint density at radius 3 is 2.32 bits per heavy atom. The van der Waals surface area contributed by atoms with Gasteiger partial charge in [-0.1, -0.05) is 76.8 Å². The van der Waals surface area contributed by atoms with E-state index in [1.54, 1.807) is 0 Å². The molecular weight excluding hydrogens is 264 g/mol. The smallest absolute Gasteiger partial charge is 0.0220 e. The molecule has 0 radical (unpaired) electrons. The van der Waals surface area contributed by atoms with Crippen LogP contribution in [0.5, 0.6) is 0 Å². The summed E-state index contributed by atoms with van der Waals surface area (Å²) in [5.41, 5.74) is 1.99. The zero-order chi connectivity index (χ0) is 15.6. The molecule has 4 atom stereocenters. The molecule has 0 bridgehead atoms. The van der Waals surface area contributed by atoms with Crippen LogP contribution >= 0.6 is 0 Å². The Morgan fingerprint density at radius 1 is 0.955 bits per heavy atom. The van der Waals surface area contributed by atoms with Crippen molar-refractivity contribution in [2.75, 3.05) is 0 Å². The third-order valence-electron chi connectivity index (χ3n) is 7.22. The maximum absolute atomic E-state index is 2.58. The fraction of sp³-hybridized carbons (Fsp3) is 0.727. The van der Waals surface area contributed by atoms with Crippen LogP contribution in [0.2, 0.25) is 0 Å². The highest BCUT2D eigenvalue weighted by Gasteiger charge is 2.42. The van der Waals surface area contributed by atoms with E-state index in [0.717, 1.165) is 23.7 Å². The average Bonchev–Trinajstić information content (AvgIpc) is 2.55. The van der Waals surface area contributed by atoms with E-state index >= 15 is 0 Å². The van der Waals surface area contributed by atoms with Gasteiger partial charge in [-0.2, -0.15) is 0 Å². The summed E-state index contributed by atoms with van der Waals surface area (Å²) < 4.78 is 0. The van der Waals surface area contributed by atoms with Crippen LogP contribution in [0.25, 0.3) is 0 Å². The quantitative estimate of drug-likeness (QED) is 0.595. The van der Waals surface area contributed by atoms with Crippen molar-refractivity contribution in [2.45, 2.75) is 72.1 Å². The van der Waals surface area contributed by atoms with Gasteiger partial charge in [-0.25, -0.2) is 0 Å². The van der Waals surface area contributed by atoms with E-state index in [1.165, 1.54) is 56.9 Å². The van der Waals surface area contributed by atoms with E-state index < -0.39 is 0 Å². The highest BCUT2D eigenvalue weighted by Crippen LogP contribution is 2.51. The molecule has 0 aliphatic heterocycles. The first-order chi connectivity index (χ1) is 10.6. The predicted molar refractivity (Wildman–Crippen MR) is 95.9 cm³/mol. The van der Waals surface area contributed by atoms with Crippen molar-refractivity contribution in [3.05, 3.63) is 35.9 Å². The van der Waals surface area contributed by atoms with Gasteiger partial charge >= 0.3 is 0 Å². The number of benzene rings is 1. The van der Waals surface area contributed by atoms with Gasteiger partial charge in [0.15, 0.2) is 0 Å². The van der Waals surface area contributed by atoms with Crippen molar-refractivity contribution >= 4 is 0 Å². The zero-order valence-corrected chi connectivity index (χ0v) is 14.9. The van der Waals surface area contributed by atoms with Gasteiger partial charge in [0.2, 0.25) is 0 Å².